The van der Waals surface area contributed by atoms with E-state index in [1.807, 2.05) is 0 Å². The lowest BCUT2D eigenvalue weighted by atomic mass is 10.1. The van der Waals surface area contributed by atoms with Gasteiger partial charge in [-0.15, -0.1) is 0 Å². The van der Waals surface area contributed by atoms with Crippen LogP contribution in [0.5, 0.6) is 5.75 Å². The quantitative estimate of drug-likeness (QED) is 0.811. The third-order valence-electron chi connectivity index (χ3n) is 2.49. The largest absolute Gasteiger partial charge is 0.492 e. The second-order valence-electron chi connectivity index (χ2n) is 3.92. The van der Waals surface area contributed by atoms with Crippen LogP contribution in [0, 0.1) is 13.8 Å². The zero-order valence-corrected chi connectivity index (χ0v) is 10.6. The molecule has 0 bridgehead atoms. The van der Waals surface area contributed by atoms with Crippen molar-refractivity contribution in [3.05, 3.63) is 28.8 Å². The van der Waals surface area contributed by atoms with Gasteiger partial charge in [0, 0.05) is 0 Å². The van der Waals surface area contributed by atoms with Crippen molar-refractivity contribution in [3.8, 4) is 5.75 Å². The molecule has 0 saturated carbocycles. The van der Waals surface area contributed by atoms with Crippen molar-refractivity contribution in [1.29, 1.82) is 0 Å². The van der Waals surface area contributed by atoms with Crippen LogP contribution in [0.1, 0.15) is 27.9 Å². The summed E-state index contributed by atoms with van der Waals surface area (Å²) in [4.78, 5) is 21.8. The molecule has 1 aromatic rings. The van der Waals surface area contributed by atoms with Crippen molar-refractivity contribution < 1.29 is 24.2 Å². The van der Waals surface area contributed by atoms with E-state index in [-0.39, 0.29) is 24.6 Å². The summed E-state index contributed by atoms with van der Waals surface area (Å²) in [5.41, 5.74) is 1.69. The van der Waals surface area contributed by atoms with Crippen LogP contribution in [-0.4, -0.2) is 30.8 Å². The van der Waals surface area contributed by atoms with Gasteiger partial charge in [-0.05, 0) is 37.1 Å². The van der Waals surface area contributed by atoms with Crippen LogP contribution < -0.4 is 4.74 Å². The van der Waals surface area contributed by atoms with Gasteiger partial charge in [0.2, 0.25) is 0 Å². The Morgan fingerprint density at radius 2 is 1.78 bits per heavy atom. The van der Waals surface area contributed by atoms with Gasteiger partial charge in [-0.25, -0.2) is 4.79 Å². The monoisotopic (exact) mass is 252 g/mol. The molecule has 98 valence electrons. The van der Waals surface area contributed by atoms with Crippen molar-refractivity contribution in [1.82, 2.24) is 0 Å². The molecule has 1 aromatic carbocycles. The highest BCUT2D eigenvalue weighted by Crippen LogP contribution is 2.25. The molecule has 5 nitrogen and oxygen atoms in total. The van der Waals surface area contributed by atoms with Gasteiger partial charge >= 0.3 is 11.9 Å². The second kappa shape index (κ2) is 6.05. The fraction of sp³-hybridized carbons (Fsp3) is 0.385. The van der Waals surface area contributed by atoms with Crippen molar-refractivity contribution in [2.75, 3.05) is 13.7 Å². The van der Waals surface area contributed by atoms with Crippen LogP contribution in [0.25, 0.3) is 0 Å². The molecule has 18 heavy (non-hydrogen) atoms. The van der Waals surface area contributed by atoms with Gasteiger partial charge in [0.25, 0.3) is 0 Å². The number of aromatic carboxylic acids is 1. The molecule has 1 N–H and O–H groups in total. The van der Waals surface area contributed by atoms with Crippen molar-refractivity contribution in [3.63, 3.8) is 0 Å². The molecule has 0 aliphatic rings. The van der Waals surface area contributed by atoms with E-state index in [1.54, 1.807) is 26.0 Å². The molecular formula is C13H16O5. The van der Waals surface area contributed by atoms with Crippen LogP contribution in [0.3, 0.4) is 0 Å². The molecule has 0 aromatic heterocycles. The summed E-state index contributed by atoms with van der Waals surface area (Å²) < 4.78 is 9.98. The van der Waals surface area contributed by atoms with Gasteiger partial charge in [0.05, 0.1) is 25.7 Å². The number of carboxylic acid groups (broad SMARTS) is 1. The van der Waals surface area contributed by atoms with E-state index in [0.717, 1.165) is 11.1 Å². The fourth-order valence-electron chi connectivity index (χ4n) is 1.64. The number of carbonyl (C=O) groups excluding carboxylic acids is 1. The highest BCUT2D eigenvalue weighted by atomic mass is 16.5. The molecule has 5 heteroatoms. The van der Waals surface area contributed by atoms with E-state index in [9.17, 15) is 9.59 Å². The van der Waals surface area contributed by atoms with E-state index in [1.165, 1.54) is 7.11 Å². The molecule has 0 amide bonds. The Morgan fingerprint density at radius 3 is 2.22 bits per heavy atom. The molecule has 0 aliphatic carbocycles. The summed E-state index contributed by atoms with van der Waals surface area (Å²) in [5.74, 6) is -0.696. The van der Waals surface area contributed by atoms with E-state index in [4.69, 9.17) is 9.84 Å². The Kier molecular flexibility index (Phi) is 4.71. The average molecular weight is 252 g/mol. The number of methoxy groups -OCH3 is 1. The minimum absolute atomic E-state index is 0.163. The molecule has 0 saturated heterocycles. The molecule has 1 rings (SSSR count). The smallest absolute Gasteiger partial charge is 0.335 e. The predicted octanol–water partition coefficient (Wildman–Crippen LogP) is 1.94. The zero-order chi connectivity index (χ0) is 13.7. The highest BCUT2D eigenvalue weighted by molar-refractivity contribution is 5.88. The van der Waals surface area contributed by atoms with Crippen molar-refractivity contribution in [2.24, 2.45) is 0 Å². The minimum atomic E-state index is -0.970. The van der Waals surface area contributed by atoms with Gasteiger partial charge in [0.1, 0.15) is 5.75 Å². The van der Waals surface area contributed by atoms with E-state index < -0.39 is 5.97 Å². The molecule has 0 heterocycles. The summed E-state index contributed by atoms with van der Waals surface area (Å²) >= 11 is 0. The molecule has 0 spiro atoms. The zero-order valence-electron chi connectivity index (χ0n) is 10.6. The molecule has 0 atom stereocenters. The van der Waals surface area contributed by atoms with Gasteiger partial charge in [0.15, 0.2) is 0 Å². The first-order chi connectivity index (χ1) is 8.45. The van der Waals surface area contributed by atoms with Crippen LogP contribution in [0.15, 0.2) is 12.1 Å². The normalized spacial score (nSPS) is 9.94. The molecule has 0 fully saturated rings. The van der Waals surface area contributed by atoms with Gasteiger partial charge in [-0.2, -0.15) is 0 Å². The Balaban J connectivity index is 2.78. The number of carbonyl (C=O) groups is 2. The topological polar surface area (TPSA) is 72.8 Å². The molecular weight excluding hydrogens is 236 g/mol. The standard InChI is InChI=1S/C13H16O5/c1-8-6-10(13(15)16)7-9(2)12(8)18-5-4-11(14)17-3/h6-7H,4-5H2,1-3H3,(H,15,16). The Hall–Kier alpha value is -2.04. The Bertz CT molecular complexity index is 441. The number of hydrogen-bond donors (Lipinski definition) is 1. The van der Waals surface area contributed by atoms with Gasteiger partial charge in [-0.1, -0.05) is 0 Å². The van der Waals surface area contributed by atoms with Gasteiger partial charge in [-0.3, -0.25) is 4.79 Å². The van der Waals surface area contributed by atoms with E-state index in [2.05, 4.69) is 4.74 Å². The van der Waals surface area contributed by atoms with Crippen LogP contribution in [0.4, 0.5) is 0 Å². The maximum absolute atomic E-state index is 10.9. The number of benzene rings is 1. The third kappa shape index (κ3) is 3.48. The number of aryl methyl sites for hydroxylation is 2. The highest BCUT2D eigenvalue weighted by Gasteiger charge is 2.11. The Labute approximate surface area is 105 Å². The second-order valence-corrected chi connectivity index (χ2v) is 3.92. The Morgan fingerprint density at radius 1 is 1.22 bits per heavy atom. The summed E-state index contributed by atoms with van der Waals surface area (Å²) in [6.45, 7) is 3.75. The molecule has 0 radical (unpaired) electrons. The van der Waals surface area contributed by atoms with Crippen LogP contribution in [0.2, 0.25) is 0 Å². The summed E-state index contributed by atoms with van der Waals surface area (Å²) in [5, 5.41) is 8.90. The first-order valence-corrected chi connectivity index (χ1v) is 5.50. The van der Waals surface area contributed by atoms with E-state index >= 15 is 0 Å². The number of hydrogen-bond acceptors (Lipinski definition) is 4. The molecule has 0 unspecified atom stereocenters. The van der Waals surface area contributed by atoms with E-state index in [0.29, 0.717) is 5.75 Å². The summed E-state index contributed by atoms with van der Waals surface area (Å²) in [7, 11) is 1.32. The van der Waals surface area contributed by atoms with Crippen molar-refractivity contribution >= 4 is 11.9 Å². The number of rotatable bonds is 5. The van der Waals surface area contributed by atoms with Crippen molar-refractivity contribution in [2.45, 2.75) is 20.3 Å². The maximum Gasteiger partial charge on any atom is 0.335 e. The molecule has 0 aliphatic heterocycles. The lowest BCUT2D eigenvalue weighted by molar-refractivity contribution is -0.141. The third-order valence-corrected chi connectivity index (χ3v) is 2.49. The number of carboxylic acids is 1. The number of esters is 1. The summed E-state index contributed by atoms with van der Waals surface area (Å²) in [6.07, 6.45) is 0.163. The van der Waals surface area contributed by atoms with Gasteiger partial charge < -0.3 is 14.6 Å². The fourth-order valence-corrected chi connectivity index (χ4v) is 1.64. The first kappa shape index (κ1) is 14.0. The van der Waals surface area contributed by atoms with Crippen LogP contribution >= 0.6 is 0 Å². The number of ether oxygens (including phenoxy) is 2. The lowest BCUT2D eigenvalue weighted by Crippen LogP contribution is -2.09. The minimum Gasteiger partial charge on any atom is -0.492 e. The lowest BCUT2D eigenvalue weighted by Gasteiger charge is -2.12. The summed E-state index contributed by atoms with van der Waals surface area (Å²) in [6, 6.07) is 3.09. The SMILES string of the molecule is COC(=O)CCOc1c(C)cc(C(=O)O)cc1C. The van der Waals surface area contributed by atoms with Crippen LogP contribution in [-0.2, 0) is 9.53 Å². The maximum atomic E-state index is 10.9. The predicted molar refractivity (Wildman–Crippen MR) is 65.0 cm³/mol. The first-order valence-electron chi connectivity index (χ1n) is 5.50. The average Bonchev–Trinajstić information content (AvgIpc) is 2.31.